The molecule has 8 aromatic carbocycles. The van der Waals surface area contributed by atoms with E-state index in [9.17, 15) is 0 Å². The van der Waals surface area contributed by atoms with Crippen LogP contribution >= 0.6 is 11.3 Å². The summed E-state index contributed by atoms with van der Waals surface area (Å²) in [6, 6.07) is 68.6. The van der Waals surface area contributed by atoms with Crippen LogP contribution in [-0.4, -0.2) is 6.71 Å². The molecule has 0 radical (unpaired) electrons. The zero-order chi connectivity index (χ0) is 40.1. The molecular weight excluding hydrogens is 749 g/mol. The van der Waals surface area contributed by atoms with Crippen LogP contribution in [0.3, 0.4) is 0 Å². The summed E-state index contributed by atoms with van der Waals surface area (Å²) in [4.78, 5) is 7.38. The first-order valence-electron chi connectivity index (χ1n) is 20.7. The van der Waals surface area contributed by atoms with Crippen molar-refractivity contribution in [2.24, 2.45) is 0 Å². The lowest BCUT2D eigenvalue weighted by Crippen LogP contribution is -2.60. The molecule has 286 valence electrons. The van der Waals surface area contributed by atoms with Crippen LogP contribution in [0.1, 0.15) is 26.3 Å². The Morgan fingerprint density at radius 1 is 0.467 bits per heavy atom. The van der Waals surface area contributed by atoms with Crippen molar-refractivity contribution in [1.29, 1.82) is 0 Å². The number of anilines is 9. The summed E-state index contributed by atoms with van der Waals surface area (Å²) >= 11 is 1.92. The highest BCUT2D eigenvalue weighted by Crippen LogP contribution is 2.53. The molecule has 0 unspecified atom stereocenters. The van der Waals surface area contributed by atoms with Crippen LogP contribution in [0.4, 0.5) is 51.2 Å². The Labute approximate surface area is 355 Å². The van der Waals surface area contributed by atoms with E-state index in [1.165, 1.54) is 48.3 Å². The largest absolute Gasteiger partial charge is 0.453 e. The van der Waals surface area contributed by atoms with Crippen molar-refractivity contribution in [2.75, 3.05) is 14.7 Å². The quantitative estimate of drug-likeness (QED) is 0.166. The highest BCUT2D eigenvalue weighted by Gasteiger charge is 2.46. The molecule has 6 heteroatoms. The Morgan fingerprint density at radius 3 is 1.83 bits per heavy atom. The van der Waals surface area contributed by atoms with Crippen LogP contribution in [0.5, 0.6) is 11.5 Å². The average Bonchev–Trinajstić information content (AvgIpc) is 3.67. The second-order valence-corrected chi connectivity index (χ2v) is 18.0. The van der Waals surface area contributed by atoms with Crippen LogP contribution in [-0.2, 0) is 5.41 Å². The maximum Gasteiger partial charge on any atom is 0.264 e. The van der Waals surface area contributed by atoms with E-state index in [0.717, 1.165) is 56.9 Å². The van der Waals surface area contributed by atoms with Crippen LogP contribution in [0.2, 0.25) is 0 Å². The van der Waals surface area contributed by atoms with E-state index in [4.69, 9.17) is 4.74 Å². The molecule has 2 bridgehead atoms. The molecule has 0 N–H and O–H groups in total. The molecule has 0 saturated carbocycles. The summed E-state index contributed by atoms with van der Waals surface area (Å²) in [5.74, 6) is 1.58. The fraction of sp³-hybridized carbons (Fsp3) is 0.0741. The minimum Gasteiger partial charge on any atom is -0.453 e. The molecule has 4 nitrogen and oxygen atoms in total. The molecule has 3 aliphatic heterocycles. The van der Waals surface area contributed by atoms with Crippen molar-refractivity contribution < 1.29 is 4.74 Å². The molecule has 4 heterocycles. The van der Waals surface area contributed by atoms with Crippen molar-refractivity contribution in [3.05, 3.63) is 194 Å². The van der Waals surface area contributed by atoms with E-state index < -0.39 is 0 Å². The van der Waals surface area contributed by atoms with Gasteiger partial charge in [0.15, 0.2) is 11.5 Å². The Bertz CT molecular complexity index is 3150. The van der Waals surface area contributed by atoms with Gasteiger partial charge in [-0.3, -0.25) is 0 Å². The number of ether oxygens (including phenoxy) is 1. The molecule has 12 rings (SSSR count). The van der Waals surface area contributed by atoms with Gasteiger partial charge < -0.3 is 19.4 Å². The maximum atomic E-state index is 7.17. The number of hydrogen-bond donors (Lipinski definition) is 0. The van der Waals surface area contributed by atoms with Crippen molar-refractivity contribution in [3.63, 3.8) is 0 Å². The van der Waals surface area contributed by atoms with E-state index in [2.05, 4.69) is 224 Å². The van der Waals surface area contributed by atoms with Crippen molar-refractivity contribution >= 4 is 95.0 Å². The number of rotatable bonds is 3. The van der Waals surface area contributed by atoms with Crippen molar-refractivity contribution in [3.8, 4) is 22.6 Å². The number of fused-ring (bicyclic) bond motifs is 10. The van der Waals surface area contributed by atoms with Gasteiger partial charge in [0.05, 0.1) is 17.1 Å². The minimum atomic E-state index is -0.0246. The third kappa shape index (κ3) is 5.30. The Morgan fingerprint density at radius 2 is 1.08 bits per heavy atom. The summed E-state index contributed by atoms with van der Waals surface area (Å²) in [6.07, 6.45) is 0. The maximum absolute atomic E-state index is 7.17. The van der Waals surface area contributed by atoms with E-state index in [0.29, 0.717) is 0 Å². The van der Waals surface area contributed by atoms with Crippen LogP contribution in [0.25, 0.3) is 21.2 Å². The standard InChI is InChI=1S/C54H40BN3OS/c1-54(2,3)37-19-16-22-39(33-37)56-40-29-30-42-45(34-40)58(44-25-12-14-27-49(44)59-48-26-13-11-24-43(48)56)47-32-36(35-17-6-4-7-18-35)31-46-51(47)55(42)53-52(41-23-10-15-28-50(41)60-53)57(46)38-20-8-5-9-21-38/h4-34H,1-3H3. The highest BCUT2D eigenvalue weighted by atomic mass is 32.1. The molecule has 1 aromatic heterocycles. The summed E-state index contributed by atoms with van der Waals surface area (Å²) in [5, 5.41) is 1.27. The number of benzene rings is 8. The molecule has 0 atom stereocenters. The Balaban J connectivity index is 1.21. The minimum absolute atomic E-state index is 0.00605. The van der Waals surface area contributed by atoms with Crippen LogP contribution in [0.15, 0.2) is 188 Å². The second-order valence-electron chi connectivity index (χ2n) is 17.0. The van der Waals surface area contributed by atoms with Gasteiger partial charge in [0.25, 0.3) is 6.71 Å². The van der Waals surface area contributed by atoms with Crippen LogP contribution < -0.4 is 35.1 Å². The fourth-order valence-corrected chi connectivity index (χ4v) is 10.9. The van der Waals surface area contributed by atoms with E-state index >= 15 is 0 Å². The number of thiophene rings is 1. The summed E-state index contributed by atoms with van der Waals surface area (Å²) < 4.78 is 9.81. The molecule has 9 aromatic rings. The highest BCUT2D eigenvalue weighted by molar-refractivity contribution is 7.33. The molecule has 0 amide bonds. The van der Waals surface area contributed by atoms with Gasteiger partial charge in [0, 0.05) is 49.0 Å². The Hall–Kier alpha value is -7.02. The predicted octanol–water partition coefficient (Wildman–Crippen LogP) is 13.5. The third-order valence-electron chi connectivity index (χ3n) is 12.3. The molecule has 0 fully saturated rings. The first kappa shape index (κ1) is 35.0. The van der Waals surface area contributed by atoms with E-state index in [1.54, 1.807) is 0 Å². The lowest BCUT2D eigenvalue weighted by Gasteiger charge is -2.44. The number of nitrogens with zero attached hydrogens (tertiary/aromatic N) is 3. The lowest BCUT2D eigenvalue weighted by molar-refractivity contribution is 0.484. The van der Waals surface area contributed by atoms with Crippen LogP contribution in [0, 0.1) is 0 Å². The third-order valence-corrected chi connectivity index (χ3v) is 13.6. The summed E-state index contributed by atoms with van der Waals surface area (Å²) in [7, 11) is 0. The first-order valence-corrected chi connectivity index (χ1v) is 21.5. The topological polar surface area (TPSA) is 19.0 Å². The zero-order valence-electron chi connectivity index (χ0n) is 33.6. The van der Waals surface area contributed by atoms with Gasteiger partial charge in [-0.2, -0.15) is 0 Å². The second kappa shape index (κ2) is 13.3. The smallest absolute Gasteiger partial charge is 0.264 e. The molecule has 0 spiro atoms. The normalized spacial score (nSPS) is 13.6. The molecular formula is C54H40BN3OS. The molecule has 0 aliphatic carbocycles. The lowest BCUT2D eigenvalue weighted by atomic mass is 9.36. The molecule has 3 aliphatic rings. The Kier molecular flexibility index (Phi) is 7.72. The zero-order valence-corrected chi connectivity index (χ0v) is 34.4. The summed E-state index contributed by atoms with van der Waals surface area (Å²) in [6.45, 7) is 6.83. The van der Waals surface area contributed by atoms with Crippen molar-refractivity contribution in [2.45, 2.75) is 26.2 Å². The first-order chi connectivity index (χ1) is 29.4. The predicted molar refractivity (Wildman–Crippen MR) is 255 cm³/mol. The van der Waals surface area contributed by atoms with Gasteiger partial charge in [-0.15, -0.1) is 11.3 Å². The van der Waals surface area contributed by atoms with Gasteiger partial charge in [0.2, 0.25) is 0 Å². The van der Waals surface area contributed by atoms with Gasteiger partial charge in [-0.1, -0.05) is 130 Å². The average molecular weight is 790 g/mol. The number of para-hydroxylation sites is 5. The monoisotopic (exact) mass is 789 g/mol. The van der Waals surface area contributed by atoms with Crippen molar-refractivity contribution in [1.82, 2.24) is 0 Å². The van der Waals surface area contributed by atoms with Gasteiger partial charge >= 0.3 is 0 Å². The van der Waals surface area contributed by atoms with Gasteiger partial charge in [-0.25, -0.2) is 0 Å². The molecule has 60 heavy (non-hydrogen) atoms. The molecule has 0 saturated heterocycles. The summed E-state index contributed by atoms with van der Waals surface area (Å²) in [5.41, 5.74) is 16.2. The number of hydrogen-bond acceptors (Lipinski definition) is 5. The van der Waals surface area contributed by atoms with Gasteiger partial charge in [-0.05, 0) is 112 Å². The van der Waals surface area contributed by atoms with E-state index in [1.807, 2.05) is 11.3 Å². The van der Waals surface area contributed by atoms with E-state index in [-0.39, 0.29) is 12.1 Å². The fourth-order valence-electron chi connectivity index (χ4n) is 9.57. The van der Waals surface area contributed by atoms with Gasteiger partial charge in [0.1, 0.15) is 0 Å². The SMILES string of the molecule is CC(C)(C)c1cccc(N2c3ccc4c(c3)N(c3ccccc3Oc3ccccc32)c2cc(-c3ccccc3)cc3c2B4c2sc4ccccc4c2N3c2ccccc2)c1.